The minimum absolute atomic E-state index is 0.0783. The van der Waals surface area contributed by atoms with Crippen LogP contribution in [0.15, 0.2) is 47.4 Å². The first-order valence-electron chi connectivity index (χ1n) is 10.1. The highest BCUT2D eigenvalue weighted by atomic mass is 32.2. The third kappa shape index (κ3) is 4.62. The minimum Gasteiger partial charge on any atom is -0.312 e. The molecule has 1 aromatic heterocycles. The Kier molecular flexibility index (Phi) is 5.81. The summed E-state index contributed by atoms with van der Waals surface area (Å²) in [5.74, 6) is -0.812. The highest BCUT2D eigenvalue weighted by Gasteiger charge is 2.35. The highest BCUT2D eigenvalue weighted by molar-refractivity contribution is 7.90. The number of benzene rings is 2. The maximum Gasteiger partial charge on any atom is 0.231 e. The van der Waals surface area contributed by atoms with Crippen molar-refractivity contribution in [1.29, 1.82) is 0 Å². The first-order valence-corrected chi connectivity index (χ1v) is 12.8. The first-order chi connectivity index (χ1) is 14.7. The average molecular weight is 458 g/mol. The lowest BCUT2D eigenvalue weighted by Gasteiger charge is -2.17. The van der Waals surface area contributed by atoms with Gasteiger partial charge in [0.1, 0.15) is 0 Å². The minimum atomic E-state index is -3.32. The number of hydrogen-bond acceptors (Lipinski definition) is 6. The van der Waals surface area contributed by atoms with Crippen molar-refractivity contribution in [2.75, 3.05) is 23.0 Å². The van der Waals surface area contributed by atoms with Gasteiger partial charge in [-0.1, -0.05) is 36.8 Å². The topological polar surface area (TPSA) is 96.4 Å². The summed E-state index contributed by atoms with van der Waals surface area (Å²) in [5.41, 5.74) is 2.64. The van der Waals surface area contributed by atoms with Crippen LogP contribution >= 0.6 is 11.3 Å². The lowest BCUT2D eigenvalue weighted by atomic mass is 10.1. The summed E-state index contributed by atoms with van der Waals surface area (Å²) in [6, 6.07) is 12.6. The van der Waals surface area contributed by atoms with E-state index in [9.17, 15) is 18.0 Å². The van der Waals surface area contributed by atoms with Gasteiger partial charge in [-0.25, -0.2) is 13.4 Å². The molecular weight excluding hydrogens is 434 g/mol. The van der Waals surface area contributed by atoms with Crippen LogP contribution in [-0.4, -0.2) is 38.0 Å². The Morgan fingerprint density at radius 1 is 1.23 bits per heavy atom. The van der Waals surface area contributed by atoms with E-state index in [1.54, 1.807) is 17.0 Å². The van der Waals surface area contributed by atoms with Crippen LogP contribution in [0.2, 0.25) is 0 Å². The number of nitrogens with one attached hydrogen (secondary N) is 1. The van der Waals surface area contributed by atoms with Crippen molar-refractivity contribution in [3.8, 4) is 0 Å². The molecule has 1 atom stereocenters. The summed E-state index contributed by atoms with van der Waals surface area (Å²) >= 11 is 1.21. The lowest BCUT2D eigenvalue weighted by molar-refractivity contribution is -0.122. The molecule has 31 heavy (non-hydrogen) atoms. The van der Waals surface area contributed by atoms with Crippen molar-refractivity contribution in [3.05, 3.63) is 48.0 Å². The molecule has 0 unspecified atom stereocenters. The number of rotatable bonds is 6. The van der Waals surface area contributed by atoms with Gasteiger partial charge in [0.25, 0.3) is 0 Å². The standard InChI is InChI=1S/C22H23N3O4S2/c1-3-4-14-5-7-16(8-6-14)25-13-15(11-20(25)26)21(27)24-22-23-18-10-9-17(31(2,28)29)12-19(18)30-22/h5-10,12,15H,3-4,11,13H2,1-2H3,(H,23,24,27)/t15-/m0/s1. The third-order valence-corrected chi connectivity index (χ3v) is 7.34. The molecule has 7 nitrogen and oxygen atoms in total. The van der Waals surface area contributed by atoms with Crippen LogP contribution in [0.25, 0.3) is 10.2 Å². The Bertz CT molecular complexity index is 1250. The van der Waals surface area contributed by atoms with Crippen molar-refractivity contribution < 1.29 is 18.0 Å². The quantitative estimate of drug-likeness (QED) is 0.610. The predicted octanol–water partition coefficient (Wildman–Crippen LogP) is 3.64. The summed E-state index contributed by atoms with van der Waals surface area (Å²) in [7, 11) is -3.32. The Labute approximate surface area is 185 Å². The Hall–Kier alpha value is -2.78. The van der Waals surface area contributed by atoms with Gasteiger partial charge in [-0.05, 0) is 42.3 Å². The van der Waals surface area contributed by atoms with Crippen LogP contribution in [0.1, 0.15) is 25.3 Å². The van der Waals surface area contributed by atoms with Gasteiger partial charge in [-0.15, -0.1) is 0 Å². The average Bonchev–Trinajstić information content (AvgIpc) is 3.30. The molecule has 1 aliphatic heterocycles. The molecule has 9 heteroatoms. The predicted molar refractivity (Wildman–Crippen MR) is 122 cm³/mol. The molecule has 1 saturated heterocycles. The van der Waals surface area contributed by atoms with E-state index in [4.69, 9.17) is 0 Å². The summed E-state index contributed by atoms with van der Waals surface area (Å²) in [6.07, 6.45) is 3.35. The zero-order valence-corrected chi connectivity index (χ0v) is 18.9. The smallest absolute Gasteiger partial charge is 0.231 e. The number of sulfone groups is 1. The summed E-state index contributed by atoms with van der Waals surface area (Å²) in [5, 5.41) is 3.18. The van der Waals surface area contributed by atoms with Crippen LogP contribution in [0.4, 0.5) is 10.8 Å². The largest absolute Gasteiger partial charge is 0.312 e. The molecular formula is C22H23N3O4S2. The van der Waals surface area contributed by atoms with Gasteiger partial charge >= 0.3 is 0 Å². The molecule has 0 spiro atoms. The van der Waals surface area contributed by atoms with Gasteiger partial charge < -0.3 is 10.2 Å². The number of amides is 2. The molecule has 1 aliphatic rings. The fraction of sp³-hybridized carbons (Fsp3) is 0.318. The molecule has 0 radical (unpaired) electrons. The number of hydrogen-bond donors (Lipinski definition) is 1. The normalized spacial score (nSPS) is 16.8. The zero-order valence-electron chi connectivity index (χ0n) is 17.3. The zero-order chi connectivity index (χ0) is 22.2. The van der Waals surface area contributed by atoms with Crippen molar-refractivity contribution in [1.82, 2.24) is 4.98 Å². The van der Waals surface area contributed by atoms with Gasteiger partial charge in [0.15, 0.2) is 15.0 Å². The molecule has 0 aliphatic carbocycles. The van der Waals surface area contributed by atoms with Crippen LogP contribution in [-0.2, 0) is 25.8 Å². The van der Waals surface area contributed by atoms with Gasteiger partial charge in [0.05, 0.1) is 21.0 Å². The third-order valence-electron chi connectivity index (χ3n) is 5.30. The van der Waals surface area contributed by atoms with E-state index in [1.807, 2.05) is 24.3 Å². The van der Waals surface area contributed by atoms with Crippen molar-refractivity contribution in [3.63, 3.8) is 0 Å². The molecule has 2 heterocycles. The van der Waals surface area contributed by atoms with E-state index in [2.05, 4.69) is 17.2 Å². The summed E-state index contributed by atoms with van der Waals surface area (Å²) in [6.45, 7) is 2.44. The SMILES string of the molecule is CCCc1ccc(N2C[C@@H](C(=O)Nc3nc4ccc(S(C)(=O)=O)cc4s3)CC2=O)cc1. The molecule has 4 rings (SSSR count). The molecule has 162 valence electrons. The molecule has 0 bridgehead atoms. The van der Waals surface area contributed by atoms with Crippen LogP contribution in [0.5, 0.6) is 0 Å². The first kappa shape index (κ1) is 21.5. The molecule has 3 aromatic rings. The summed E-state index contributed by atoms with van der Waals surface area (Å²) < 4.78 is 24.2. The fourth-order valence-corrected chi connectivity index (χ4v) is 5.29. The van der Waals surface area contributed by atoms with Crippen LogP contribution < -0.4 is 10.2 Å². The highest BCUT2D eigenvalue weighted by Crippen LogP contribution is 2.30. The Morgan fingerprint density at radius 3 is 2.65 bits per heavy atom. The number of thiazole rings is 1. The number of nitrogens with zero attached hydrogens (tertiary/aromatic N) is 2. The second-order valence-corrected chi connectivity index (χ2v) is 10.8. The van der Waals surface area contributed by atoms with E-state index >= 15 is 0 Å². The second-order valence-electron chi connectivity index (χ2n) is 7.73. The van der Waals surface area contributed by atoms with Crippen molar-refractivity contribution in [2.24, 2.45) is 5.92 Å². The number of aromatic nitrogens is 1. The fourth-order valence-electron chi connectivity index (χ4n) is 3.66. The Morgan fingerprint density at radius 2 is 1.97 bits per heavy atom. The Balaban J connectivity index is 1.46. The molecule has 2 amide bonds. The van der Waals surface area contributed by atoms with Crippen LogP contribution in [0, 0.1) is 5.92 Å². The van der Waals surface area contributed by atoms with Crippen molar-refractivity contribution >= 4 is 54.0 Å². The molecule has 0 saturated carbocycles. The monoisotopic (exact) mass is 457 g/mol. The van der Waals surface area contributed by atoms with Gasteiger partial charge in [-0.2, -0.15) is 0 Å². The van der Waals surface area contributed by atoms with E-state index in [-0.39, 0.29) is 23.1 Å². The maximum atomic E-state index is 12.8. The van der Waals surface area contributed by atoms with Gasteiger partial charge in [0.2, 0.25) is 11.8 Å². The number of aryl methyl sites for hydroxylation is 1. The number of carbonyl (C=O) groups is 2. The van der Waals surface area contributed by atoms with E-state index in [1.165, 1.54) is 23.0 Å². The maximum absolute atomic E-state index is 12.8. The number of fused-ring (bicyclic) bond motifs is 1. The van der Waals surface area contributed by atoms with E-state index in [0.717, 1.165) is 24.8 Å². The van der Waals surface area contributed by atoms with Crippen LogP contribution in [0.3, 0.4) is 0 Å². The lowest BCUT2D eigenvalue weighted by Crippen LogP contribution is -2.28. The van der Waals surface area contributed by atoms with E-state index < -0.39 is 15.8 Å². The second kappa shape index (κ2) is 8.39. The van der Waals surface area contributed by atoms with E-state index in [0.29, 0.717) is 21.9 Å². The van der Waals surface area contributed by atoms with Gasteiger partial charge in [-0.3, -0.25) is 9.59 Å². The van der Waals surface area contributed by atoms with Gasteiger partial charge in [0, 0.05) is 24.9 Å². The number of carbonyl (C=O) groups excluding carboxylic acids is 2. The molecule has 2 aromatic carbocycles. The molecule has 1 N–H and O–H groups in total. The summed E-state index contributed by atoms with van der Waals surface area (Å²) in [4.78, 5) is 31.5. The number of anilines is 2. The molecule has 1 fully saturated rings. The van der Waals surface area contributed by atoms with Crippen molar-refractivity contribution in [2.45, 2.75) is 31.1 Å².